The van der Waals surface area contributed by atoms with Gasteiger partial charge in [0.25, 0.3) is 0 Å². The Morgan fingerprint density at radius 3 is 0.697 bits per heavy atom. The molecule has 0 aliphatic heterocycles. The number of rotatable bonds is 67. The molecule has 0 aromatic rings. The Morgan fingerprint density at radius 1 is 0.281 bits per heavy atom. The summed E-state index contributed by atoms with van der Waals surface area (Å²) in [6.07, 6.45) is 41.8. The second kappa shape index (κ2) is 59.8. The van der Waals surface area contributed by atoms with Gasteiger partial charge in [0, 0.05) is 25.7 Å². The predicted octanol–water partition coefficient (Wildman–Crippen LogP) is 19.7. The van der Waals surface area contributed by atoms with Gasteiger partial charge in [0.1, 0.15) is 19.3 Å². The lowest BCUT2D eigenvalue weighted by Gasteiger charge is -2.21. The summed E-state index contributed by atoms with van der Waals surface area (Å²) >= 11 is 0. The van der Waals surface area contributed by atoms with Gasteiger partial charge in [-0.25, -0.2) is 9.13 Å². The van der Waals surface area contributed by atoms with Crippen LogP contribution >= 0.6 is 15.6 Å². The molecule has 0 heterocycles. The number of carbonyl (C=O) groups excluding carboxylic acids is 4. The van der Waals surface area contributed by atoms with E-state index in [0.717, 1.165) is 114 Å². The van der Waals surface area contributed by atoms with Crippen LogP contribution < -0.4 is 0 Å². The summed E-state index contributed by atoms with van der Waals surface area (Å²) in [5, 5.41) is 10.6. The lowest BCUT2D eigenvalue weighted by Crippen LogP contribution is -2.30. The average Bonchev–Trinajstić information content (AvgIpc) is 3.56. The SMILES string of the molecule is CC(C)CCCCCCCCCCCCCCC(=O)O[C@H](COC(=O)CCCCCCCCCC(C)C)COP(=O)(O)OCC(O)COP(=O)(O)OC[C@@H](COC(=O)CCCCCCCCCCCCC(C)C)OC(=O)CCCCCCCCCCC(C)C. The molecular formula is C70H136O17P2. The van der Waals surface area contributed by atoms with Crippen LogP contribution in [0.4, 0.5) is 0 Å². The number of carbonyl (C=O) groups is 4. The first-order valence-electron chi connectivity index (χ1n) is 36.2. The summed E-state index contributed by atoms with van der Waals surface area (Å²) in [4.78, 5) is 72.5. The fraction of sp³-hybridized carbons (Fsp3) is 0.943. The first-order chi connectivity index (χ1) is 42.6. The molecule has 0 rings (SSSR count). The molecule has 3 unspecified atom stereocenters. The molecule has 0 aromatic heterocycles. The Morgan fingerprint density at radius 2 is 0.472 bits per heavy atom. The normalized spacial score (nSPS) is 14.3. The molecule has 0 spiro atoms. The summed E-state index contributed by atoms with van der Waals surface area (Å²) in [5.74, 6) is 0.828. The fourth-order valence-electron chi connectivity index (χ4n) is 10.5. The van der Waals surface area contributed by atoms with Crippen LogP contribution in [0.2, 0.25) is 0 Å². The highest BCUT2D eigenvalue weighted by Crippen LogP contribution is 2.45. The topological polar surface area (TPSA) is 237 Å². The van der Waals surface area contributed by atoms with E-state index in [1.165, 1.54) is 141 Å². The third-order valence-corrected chi connectivity index (χ3v) is 18.0. The van der Waals surface area contributed by atoms with Crippen LogP contribution in [0.5, 0.6) is 0 Å². The molecule has 0 saturated heterocycles. The quantitative estimate of drug-likeness (QED) is 0.0222. The number of phosphoric acid groups is 2. The minimum Gasteiger partial charge on any atom is -0.462 e. The second-order valence-corrected chi connectivity index (χ2v) is 30.1. The van der Waals surface area contributed by atoms with Gasteiger partial charge in [-0.3, -0.25) is 37.3 Å². The zero-order chi connectivity index (χ0) is 66.1. The van der Waals surface area contributed by atoms with Gasteiger partial charge in [0.15, 0.2) is 12.2 Å². The fourth-order valence-corrected chi connectivity index (χ4v) is 12.1. The molecule has 0 radical (unpaired) electrons. The molecule has 17 nitrogen and oxygen atoms in total. The van der Waals surface area contributed by atoms with Crippen molar-refractivity contribution < 1.29 is 80.2 Å². The molecule has 528 valence electrons. The van der Waals surface area contributed by atoms with Crippen LogP contribution in [0.15, 0.2) is 0 Å². The highest BCUT2D eigenvalue weighted by Gasteiger charge is 2.30. The Labute approximate surface area is 543 Å². The molecule has 0 aliphatic rings. The van der Waals surface area contributed by atoms with Crippen LogP contribution in [0.3, 0.4) is 0 Å². The monoisotopic (exact) mass is 1310 g/mol. The van der Waals surface area contributed by atoms with Crippen LogP contribution in [0.1, 0.15) is 344 Å². The van der Waals surface area contributed by atoms with E-state index >= 15 is 0 Å². The largest absolute Gasteiger partial charge is 0.472 e. The average molecular weight is 1310 g/mol. The van der Waals surface area contributed by atoms with Gasteiger partial charge < -0.3 is 33.8 Å². The maximum atomic E-state index is 13.0. The van der Waals surface area contributed by atoms with Crippen molar-refractivity contribution in [2.45, 2.75) is 363 Å². The van der Waals surface area contributed by atoms with Gasteiger partial charge in [-0.05, 0) is 49.4 Å². The van der Waals surface area contributed by atoms with Crippen molar-refractivity contribution in [1.82, 2.24) is 0 Å². The van der Waals surface area contributed by atoms with Gasteiger partial charge in [-0.1, -0.05) is 293 Å². The minimum absolute atomic E-state index is 0.104. The van der Waals surface area contributed by atoms with E-state index in [9.17, 15) is 43.2 Å². The third kappa shape index (κ3) is 64.6. The van der Waals surface area contributed by atoms with Crippen molar-refractivity contribution in [1.29, 1.82) is 0 Å². The lowest BCUT2D eigenvalue weighted by atomic mass is 10.0. The molecule has 0 saturated carbocycles. The zero-order valence-corrected chi connectivity index (χ0v) is 59.8. The number of hydrogen-bond acceptors (Lipinski definition) is 15. The highest BCUT2D eigenvalue weighted by molar-refractivity contribution is 7.47. The summed E-state index contributed by atoms with van der Waals surface area (Å²) in [6.45, 7) is 14.1. The van der Waals surface area contributed by atoms with E-state index in [1.807, 2.05) is 0 Å². The number of hydrogen-bond donors (Lipinski definition) is 3. The van der Waals surface area contributed by atoms with Crippen LogP contribution in [0.25, 0.3) is 0 Å². The van der Waals surface area contributed by atoms with Gasteiger partial charge in [-0.15, -0.1) is 0 Å². The number of aliphatic hydroxyl groups excluding tert-OH is 1. The summed E-state index contributed by atoms with van der Waals surface area (Å²) < 4.78 is 68.3. The summed E-state index contributed by atoms with van der Waals surface area (Å²) in [7, 11) is -9.90. The maximum absolute atomic E-state index is 13.0. The first-order valence-corrected chi connectivity index (χ1v) is 39.2. The number of esters is 4. The van der Waals surface area contributed by atoms with Gasteiger partial charge in [0.2, 0.25) is 0 Å². The zero-order valence-electron chi connectivity index (χ0n) is 58.1. The van der Waals surface area contributed by atoms with Crippen molar-refractivity contribution in [3.8, 4) is 0 Å². The molecule has 0 aromatic carbocycles. The second-order valence-electron chi connectivity index (χ2n) is 27.2. The van der Waals surface area contributed by atoms with Crippen LogP contribution in [-0.4, -0.2) is 96.7 Å². The van der Waals surface area contributed by atoms with E-state index in [0.29, 0.717) is 31.6 Å². The molecule has 89 heavy (non-hydrogen) atoms. The molecule has 19 heteroatoms. The standard InChI is InChI=1S/C70H136O17P2/c1-60(2)46-38-30-22-15-11-9-10-12-18-27-36-44-52-69(74)86-66(57-81-68(73)51-43-35-29-21-25-33-41-49-63(7)8)59-85-89(78,79)83-55-64(71)54-82-88(76,77)84-58-65(87-70(75)53-45-37-28-20-19-24-32-40-48-62(5)6)56-80-67(72)50-42-34-26-17-14-13-16-23-31-39-47-61(3)4/h60-66,71H,9-59H2,1-8H3,(H,76,77)(H,78,79)/t64?,65-,66-/m1/s1. The predicted molar refractivity (Wildman–Crippen MR) is 358 cm³/mol. The smallest absolute Gasteiger partial charge is 0.462 e. The van der Waals surface area contributed by atoms with E-state index in [-0.39, 0.29) is 25.7 Å². The van der Waals surface area contributed by atoms with Crippen molar-refractivity contribution >= 4 is 39.5 Å². The van der Waals surface area contributed by atoms with Crippen LogP contribution in [-0.2, 0) is 65.4 Å². The molecule has 3 N–H and O–H groups in total. The number of unbranched alkanes of at least 4 members (excludes halogenated alkanes) is 33. The molecular weight excluding hydrogens is 1170 g/mol. The van der Waals surface area contributed by atoms with Gasteiger partial charge >= 0.3 is 39.5 Å². The Balaban J connectivity index is 5.25. The van der Waals surface area contributed by atoms with Gasteiger partial charge in [-0.2, -0.15) is 0 Å². The Kier molecular flexibility index (Phi) is 58.5. The van der Waals surface area contributed by atoms with Crippen molar-refractivity contribution in [2.24, 2.45) is 23.7 Å². The molecule has 0 bridgehead atoms. The van der Waals surface area contributed by atoms with Crippen molar-refractivity contribution in [2.75, 3.05) is 39.6 Å². The van der Waals surface area contributed by atoms with Crippen LogP contribution in [0, 0.1) is 23.7 Å². The lowest BCUT2D eigenvalue weighted by molar-refractivity contribution is -0.161. The van der Waals surface area contributed by atoms with E-state index in [2.05, 4.69) is 55.4 Å². The highest BCUT2D eigenvalue weighted by atomic mass is 31.2. The van der Waals surface area contributed by atoms with E-state index in [4.69, 9.17) is 37.0 Å². The van der Waals surface area contributed by atoms with Crippen molar-refractivity contribution in [3.05, 3.63) is 0 Å². The number of phosphoric ester groups is 2. The van der Waals surface area contributed by atoms with Gasteiger partial charge in [0.05, 0.1) is 26.4 Å². The summed E-state index contributed by atoms with van der Waals surface area (Å²) in [5.41, 5.74) is 0. The molecule has 0 fully saturated rings. The Bertz CT molecular complexity index is 1760. The minimum atomic E-state index is -4.95. The first kappa shape index (κ1) is 87.1. The van der Waals surface area contributed by atoms with E-state index in [1.54, 1.807) is 0 Å². The number of aliphatic hydroxyl groups is 1. The Hall–Kier alpha value is -1.94. The number of ether oxygens (including phenoxy) is 4. The maximum Gasteiger partial charge on any atom is 0.472 e. The van der Waals surface area contributed by atoms with Crippen molar-refractivity contribution in [3.63, 3.8) is 0 Å². The molecule has 0 amide bonds. The molecule has 5 atom stereocenters. The summed E-state index contributed by atoms with van der Waals surface area (Å²) in [6, 6.07) is 0. The molecule has 0 aliphatic carbocycles. The third-order valence-electron chi connectivity index (χ3n) is 16.1. The van der Waals surface area contributed by atoms with E-state index < -0.39 is 97.5 Å².